The van der Waals surface area contributed by atoms with E-state index in [0.717, 1.165) is 24.2 Å². The van der Waals surface area contributed by atoms with E-state index in [1.165, 1.54) is 19.4 Å². The Labute approximate surface area is 164 Å². The number of methoxy groups -OCH3 is 1. The molecule has 1 aliphatic heterocycles. The minimum absolute atomic E-state index is 0.0409. The van der Waals surface area contributed by atoms with Gasteiger partial charge in [0.25, 0.3) is 5.91 Å². The molecule has 3 rings (SSSR count). The van der Waals surface area contributed by atoms with Crippen LogP contribution in [-0.2, 0) is 6.54 Å². The molecule has 1 aromatic carbocycles. The highest BCUT2D eigenvalue weighted by Crippen LogP contribution is 2.28. The van der Waals surface area contributed by atoms with E-state index in [0.29, 0.717) is 12.2 Å². The van der Waals surface area contributed by atoms with Crippen molar-refractivity contribution in [3.63, 3.8) is 0 Å². The number of benzene rings is 1. The summed E-state index contributed by atoms with van der Waals surface area (Å²) in [6.07, 6.45) is 2.27. The Morgan fingerprint density at radius 2 is 2.11 bits per heavy atom. The van der Waals surface area contributed by atoms with Gasteiger partial charge in [-0.2, -0.15) is 0 Å². The largest absolute Gasteiger partial charge is 0.480 e. The average molecular weight is 383 g/mol. The summed E-state index contributed by atoms with van der Waals surface area (Å²) in [6, 6.07) is 9.34. The van der Waals surface area contributed by atoms with Crippen molar-refractivity contribution in [2.75, 3.05) is 30.9 Å². The van der Waals surface area contributed by atoms with Crippen molar-refractivity contribution in [3.05, 3.63) is 47.7 Å². The number of rotatable bonds is 4. The second kappa shape index (κ2) is 8.16. The lowest BCUT2D eigenvalue weighted by Gasteiger charge is -2.30. The lowest BCUT2D eigenvalue weighted by atomic mass is 10.1. The van der Waals surface area contributed by atoms with Crippen molar-refractivity contribution >= 4 is 23.3 Å². The Kier molecular flexibility index (Phi) is 5.67. The van der Waals surface area contributed by atoms with Crippen molar-refractivity contribution in [2.24, 2.45) is 5.73 Å². The molecule has 1 aromatic heterocycles. The van der Waals surface area contributed by atoms with Crippen LogP contribution >= 0.6 is 0 Å². The zero-order valence-corrected chi connectivity index (χ0v) is 16.3. The number of nitrogens with one attached hydrogen (secondary N) is 1. The molecule has 0 aliphatic carbocycles. The summed E-state index contributed by atoms with van der Waals surface area (Å²) in [5.41, 5.74) is 8.09. The van der Waals surface area contributed by atoms with Gasteiger partial charge in [0.05, 0.1) is 25.0 Å². The van der Waals surface area contributed by atoms with Crippen LogP contribution in [0.2, 0.25) is 0 Å². The quantitative estimate of drug-likeness (QED) is 0.845. The van der Waals surface area contributed by atoms with Gasteiger partial charge in [-0.15, -0.1) is 0 Å². The molecular formula is C20H25N5O3. The molecule has 0 saturated heterocycles. The molecule has 1 atom stereocenters. The predicted octanol–water partition coefficient (Wildman–Crippen LogP) is 2.45. The number of carbonyl (C=O) groups is 2. The van der Waals surface area contributed by atoms with Gasteiger partial charge in [-0.3, -0.25) is 4.79 Å². The number of likely N-dealkylation sites (N-methyl/N-ethyl adjacent to an activating group) is 1. The van der Waals surface area contributed by atoms with Gasteiger partial charge in [0.1, 0.15) is 5.56 Å². The summed E-state index contributed by atoms with van der Waals surface area (Å²) in [5.74, 6) is -0.542. The van der Waals surface area contributed by atoms with Crippen molar-refractivity contribution in [2.45, 2.75) is 25.9 Å². The Bertz CT molecular complexity index is 886. The number of hydrogen-bond donors (Lipinski definition) is 2. The van der Waals surface area contributed by atoms with E-state index >= 15 is 0 Å². The molecule has 0 bridgehead atoms. The molecule has 2 heterocycles. The van der Waals surface area contributed by atoms with E-state index in [4.69, 9.17) is 10.5 Å². The first-order valence-electron chi connectivity index (χ1n) is 9.15. The molecule has 3 N–H and O–H groups in total. The lowest BCUT2D eigenvalue weighted by molar-refractivity contribution is 0.0996. The topological polar surface area (TPSA) is 101 Å². The number of nitrogens with zero attached hydrogens (tertiary/aromatic N) is 3. The molecule has 8 heteroatoms. The number of fused-ring (bicyclic) bond motifs is 1. The number of aromatic nitrogens is 1. The molecule has 0 spiro atoms. The maximum absolute atomic E-state index is 13.1. The zero-order valence-electron chi connectivity index (χ0n) is 16.3. The predicted molar refractivity (Wildman–Crippen MR) is 108 cm³/mol. The molecule has 0 saturated carbocycles. The summed E-state index contributed by atoms with van der Waals surface area (Å²) >= 11 is 0. The first-order valence-corrected chi connectivity index (χ1v) is 9.15. The fourth-order valence-electron chi connectivity index (χ4n) is 3.48. The molecule has 1 aliphatic rings. The number of primary amides is 1. The number of hydrogen-bond acceptors (Lipinski definition) is 5. The Morgan fingerprint density at radius 1 is 1.36 bits per heavy atom. The molecule has 1 unspecified atom stereocenters. The number of urea groups is 1. The highest BCUT2D eigenvalue weighted by molar-refractivity contribution is 5.97. The van der Waals surface area contributed by atoms with Crippen LogP contribution in [0.5, 0.6) is 5.88 Å². The van der Waals surface area contributed by atoms with Crippen molar-refractivity contribution in [3.8, 4) is 5.88 Å². The van der Waals surface area contributed by atoms with Gasteiger partial charge >= 0.3 is 6.03 Å². The monoisotopic (exact) mass is 383 g/mol. The van der Waals surface area contributed by atoms with E-state index in [9.17, 15) is 9.59 Å². The summed E-state index contributed by atoms with van der Waals surface area (Å²) < 4.78 is 5.04. The number of para-hydroxylation sites is 1. The lowest BCUT2D eigenvalue weighted by Crippen LogP contribution is -2.45. The Hall–Kier alpha value is -3.29. The number of anilines is 2. The maximum Gasteiger partial charge on any atom is 0.322 e. The van der Waals surface area contributed by atoms with Crippen LogP contribution in [0.15, 0.2) is 36.5 Å². The van der Waals surface area contributed by atoms with Gasteiger partial charge in [-0.25, -0.2) is 9.78 Å². The number of amides is 3. The number of ether oxygens (including phenoxy) is 1. The van der Waals surface area contributed by atoms with E-state index in [1.807, 2.05) is 30.1 Å². The van der Waals surface area contributed by atoms with E-state index < -0.39 is 5.91 Å². The van der Waals surface area contributed by atoms with Crippen LogP contribution in [0.3, 0.4) is 0 Å². The Balaban J connectivity index is 1.86. The number of carbonyl (C=O) groups excluding carboxylic acids is 2. The average Bonchev–Trinajstić information content (AvgIpc) is 2.84. The van der Waals surface area contributed by atoms with Crippen LogP contribution < -0.4 is 20.7 Å². The molecular weight excluding hydrogens is 358 g/mol. The molecule has 8 nitrogen and oxygen atoms in total. The van der Waals surface area contributed by atoms with Crippen molar-refractivity contribution in [1.82, 2.24) is 9.88 Å². The van der Waals surface area contributed by atoms with E-state index in [2.05, 4.69) is 28.2 Å². The van der Waals surface area contributed by atoms with E-state index in [1.54, 1.807) is 0 Å². The smallest absolute Gasteiger partial charge is 0.322 e. The van der Waals surface area contributed by atoms with Gasteiger partial charge in [-0.1, -0.05) is 25.1 Å². The molecule has 148 valence electrons. The van der Waals surface area contributed by atoms with Crippen LogP contribution in [0, 0.1) is 0 Å². The summed E-state index contributed by atoms with van der Waals surface area (Å²) in [4.78, 5) is 32.7. The second-order valence-corrected chi connectivity index (χ2v) is 6.77. The van der Waals surface area contributed by atoms with Crippen LogP contribution in [0.25, 0.3) is 0 Å². The fraction of sp³-hybridized carbons (Fsp3) is 0.350. The van der Waals surface area contributed by atoms with Crippen LogP contribution in [0.1, 0.15) is 29.3 Å². The molecule has 3 amide bonds. The van der Waals surface area contributed by atoms with E-state index in [-0.39, 0.29) is 23.5 Å². The SMILES string of the molecule is CCC1CN(C)c2ccccc2CN1C(=O)Nc1cnc(OC)c(C(N)=O)c1. The summed E-state index contributed by atoms with van der Waals surface area (Å²) in [6.45, 7) is 3.29. The van der Waals surface area contributed by atoms with Gasteiger partial charge < -0.3 is 25.6 Å². The Morgan fingerprint density at radius 3 is 2.79 bits per heavy atom. The molecule has 0 radical (unpaired) electrons. The van der Waals surface area contributed by atoms with Crippen LogP contribution in [-0.4, -0.2) is 48.6 Å². The highest BCUT2D eigenvalue weighted by Gasteiger charge is 2.29. The summed E-state index contributed by atoms with van der Waals surface area (Å²) in [7, 11) is 3.44. The van der Waals surface area contributed by atoms with Gasteiger partial charge in [0.2, 0.25) is 5.88 Å². The fourth-order valence-corrected chi connectivity index (χ4v) is 3.48. The normalized spacial score (nSPS) is 16.2. The second-order valence-electron chi connectivity index (χ2n) is 6.77. The molecule has 2 aromatic rings. The first kappa shape index (κ1) is 19.5. The van der Waals surface area contributed by atoms with Gasteiger partial charge in [0, 0.05) is 25.8 Å². The third kappa shape index (κ3) is 3.85. The minimum Gasteiger partial charge on any atom is -0.480 e. The zero-order chi connectivity index (χ0) is 20.3. The third-order valence-corrected chi connectivity index (χ3v) is 4.96. The minimum atomic E-state index is -0.669. The maximum atomic E-state index is 13.1. The molecule has 0 fully saturated rings. The van der Waals surface area contributed by atoms with Crippen molar-refractivity contribution < 1.29 is 14.3 Å². The van der Waals surface area contributed by atoms with Gasteiger partial charge in [-0.05, 0) is 24.1 Å². The molecule has 28 heavy (non-hydrogen) atoms. The standard InChI is InChI=1S/C20H25N5O3/c1-4-15-12-24(2)17-8-6-5-7-13(17)11-25(15)20(27)23-14-9-16(18(21)26)19(28-3)22-10-14/h5-10,15H,4,11-12H2,1-3H3,(H2,21,26)(H,23,27). The van der Waals surface area contributed by atoms with Gasteiger partial charge in [0.15, 0.2) is 0 Å². The highest BCUT2D eigenvalue weighted by atomic mass is 16.5. The first-order chi connectivity index (χ1) is 13.4. The number of pyridine rings is 1. The third-order valence-electron chi connectivity index (χ3n) is 4.96. The van der Waals surface area contributed by atoms with Crippen molar-refractivity contribution in [1.29, 1.82) is 0 Å². The van der Waals surface area contributed by atoms with Crippen LogP contribution in [0.4, 0.5) is 16.2 Å². The number of nitrogens with two attached hydrogens (primary N) is 1. The summed E-state index contributed by atoms with van der Waals surface area (Å²) in [5, 5.41) is 2.84.